The average molecular weight is 387 g/mol. The fourth-order valence-electron chi connectivity index (χ4n) is 4.56. The maximum atomic E-state index is 10.5. The van der Waals surface area contributed by atoms with Gasteiger partial charge in [-0.15, -0.1) is 0 Å². The molecule has 0 saturated heterocycles. The lowest BCUT2D eigenvalue weighted by Gasteiger charge is -2.34. The average Bonchev–Trinajstić information content (AvgIpc) is 3.20. The van der Waals surface area contributed by atoms with Crippen LogP contribution in [0.1, 0.15) is 48.8 Å². The molecule has 150 valence electrons. The number of nitrogens with one attached hydrogen (secondary N) is 1. The first-order chi connectivity index (χ1) is 14.3. The van der Waals surface area contributed by atoms with E-state index in [0.717, 1.165) is 31.4 Å². The van der Waals surface area contributed by atoms with E-state index in [0.29, 0.717) is 6.04 Å². The van der Waals surface area contributed by atoms with Crippen molar-refractivity contribution >= 4 is 23.3 Å². The van der Waals surface area contributed by atoms with Crippen molar-refractivity contribution in [1.82, 2.24) is 9.88 Å². The zero-order valence-corrected chi connectivity index (χ0v) is 17.0. The first-order valence-corrected chi connectivity index (χ1v) is 10.8. The molecule has 0 aliphatic heterocycles. The Hall–Kier alpha value is -2.65. The van der Waals surface area contributed by atoms with Crippen LogP contribution in [-0.2, 0) is 17.8 Å². The van der Waals surface area contributed by atoms with Crippen LogP contribution < -0.4 is 0 Å². The quantitative estimate of drug-likeness (QED) is 0.395. The second kappa shape index (κ2) is 9.71. The second-order valence-corrected chi connectivity index (χ2v) is 8.11. The summed E-state index contributed by atoms with van der Waals surface area (Å²) in [6.45, 7) is 2.07. The summed E-state index contributed by atoms with van der Waals surface area (Å²) in [6.07, 6.45) is 14.2. The van der Waals surface area contributed by atoms with Crippen LogP contribution in [0.2, 0.25) is 0 Å². The lowest BCUT2D eigenvalue weighted by Crippen LogP contribution is -2.37. The maximum absolute atomic E-state index is 10.5. The number of aromatic nitrogens is 1. The van der Waals surface area contributed by atoms with Crippen LogP contribution in [0.15, 0.2) is 60.8 Å². The Bertz CT molecular complexity index is 948. The number of aldehydes is 1. The number of carbonyl (C=O) groups excluding carboxylic acids is 1. The third kappa shape index (κ3) is 5.04. The Balaban J connectivity index is 1.47. The first-order valence-electron chi connectivity index (χ1n) is 10.8. The molecular weight excluding hydrogens is 356 g/mol. The molecular formula is C26H30N2O. The SMILES string of the molecule is O=C/C=C/c1ccc(CN(CCc2c[nH]c3ccccc23)C2CCCCC2)cc1. The first kappa shape index (κ1) is 19.7. The van der Waals surface area contributed by atoms with Crippen LogP contribution in [-0.4, -0.2) is 28.8 Å². The standard InChI is InChI=1S/C26H30N2O/c29-18-6-7-21-12-14-22(15-13-21)20-28(24-8-2-1-3-9-24)17-16-23-19-27-26-11-5-4-10-25(23)26/h4-7,10-15,18-19,24,27H,1-3,8-9,16-17,20H2/b7-6+. The van der Waals surface area contributed by atoms with Crippen molar-refractivity contribution in [2.75, 3.05) is 6.54 Å². The molecule has 0 unspecified atom stereocenters. The number of rotatable bonds is 8. The van der Waals surface area contributed by atoms with Crippen LogP contribution >= 0.6 is 0 Å². The zero-order valence-electron chi connectivity index (χ0n) is 17.0. The highest BCUT2D eigenvalue weighted by Gasteiger charge is 2.21. The van der Waals surface area contributed by atoms with Crippen molar-refractivity contribution in [3.63, 3.8) is 0 Å². The zero-order chi connectivity index (χ0) is 19.9. The van der Waals surface area contributed by atoms with Gasteiger partial charge in [0.05, 0.1) is 0 Å². The molecule has 29 heavy (non-hydrogen) atoms. The van der Waals surface area contributed by atoms with E-state index in [9.17, 15) is 4.79 Å². The van der Waals surface area contributed by atoms with E-state index in [2.05, 4.69) is 64.6 Å². The molecule has 1 fully saturated rings. The second-order valence-electron chi connectivity index (χ2n) is 8.11. The van der Waals surface area contributed by atoms with Gasteiger partial charge in [-0.05, 0) is 48.1 Å². The molecule has 0 bridgehead atoms. The van der Waals surface area contributed by atoms with Crippen LogP contribution in [0.4, 0.5) is 0 Å². The molecule has 2 aromatic carbocycles. The Kier molecular flexibility index (Phi) is 6.58. The summed E-state index contributed by atoms with van der Waals surface area (Å²) in [5, 5.41) is 1.35. The molecule has 1 aromatic heterocycles. The van der Waals surface area contributed by atoms with E-state index in [4.69, 9.17) is 0 Å². The third-order valence-electron chi connectivity index (χ3n) is 6.17. The highest BCUT2D eigenvalue weighted by Crippen LogP contribution is 2.25. The highest BCUT2D eigenvalue weighted by molar-refractivity contribution is 5.83. The molecule has 0 atom stereocenters. The van der Waals surface area contributed by atoms with Gasteiger partial charge in [-0.25, -0.2) is 0 Å². The Morgan fingerprint density at radius 3 is 2.59 bits per heavy atom. The molecule has 1 aliphatic carbocycles. The number of hydrogen-bond acceptors (Lipinski definition) is 2. The van der Waals surface area contributed by atoms with Crippen molar-refractivity contribution in [2.45, 2.75) is 51.1 Å². The van der Waals surface area contributed by atoms with E-state index < -0.39 is 0 Å². The van der Waals surface area contributed by atoms with Gasteiger partial charge in [0.2, 0.25) is 0 Å². The summed E-state index contributed by atoms with van der Waals surface area (Å²) in [5.74, 6) is 0. The molecule has 3 heteroatoms. The third-order valence-corrected chi connectivity index (χ3v) is 6.17. The molecule has 1 heterocycles. The van der Waals surface area contributed by atoms with Gasteiger partial charge >= 0.3 is 0 Å². The lowest BCUT2D eigenvalue weighted by atomic mass is 9.93. The van der Waals surface area contributed by atoms with Gasteiger partial charge in [0.1, 0.15) is 6.29 Å². The lowest BCUT2D eigenvalue weighted by molar-refractivity contribution is -0.104. The van der Waals surface area contributed by atoms with Gasteiger partial charge in [0.15, 0.2) is 0 Å². The van der Waals surface area contributed by atoms with E-state index in [-0.39, 0.29) is 0 Å². The van der Waals surface area contributed by atoms with Crippen molar-refractivity contribution in [1.29, 1.82) is 0 Å². The predicted molar refractivity (Wildman–Crippen MR) is 121 cm³/mol. The number of H-pyrrole nitrogens is 1. The predicted octanol–water partition coefficient (Wildman–Crippen LogP) is 5.76. The van der Waals surface area contributed by atoms with Crippen molar-refractivity contribution < 1.29 is 4.79 Å². The van der Waals surface area contributed by atoms with E-state index in [1.807, 2.05) is 6.08 Å². The largest absolute Gasteiger partial charge is 0.361 e. The Morgan fingerprint density at radius 2 is 1.79 bits per heavy atom. The number of para-hydroxylation sites is 1. The van der Waals surface area contributed by atoms with E-state index in [1.165, 1.54) is 54.1 Å². The van der Waals surface area contributed by atoms with Gasteiger partial charge in [-0.1, -0.05) is 67.8 Å². The maximum Gasteiger partial charge on any atom is 0.142 e. The number of fused-ring (bicyclic) bond motifs is 1. The number of hydrogen-bond donors (Lipinski definition) is 1. The molecule has 1 aliphatic rings. The van der Waals surface area contributed by atoms with Gasteiger partial charge in [0, 0.05) is 36.2 Å². The van der Waals surface area contributed by atoms with Gasteiger partial charge in [-0.2, -0.15) is 0 Å². The summed E-state index contributed by atoms with van der Waals surface area (Å²) in [7, 11) is 0. The number of carbonyl (C=O) groups is 1. The molecule has 1 N–H and O–H groups in total. The molecule has 3 aromatic rings. The van der Waals surface area contributed by atoms with E-state index in [1.54, 1.807) is 6.08 Å². The van der Waals surface area contributed by atoms with E-state index >= 15 is 0 Å². The Morgan fingerprint density at radius 1 is 1.00 bits per heavy atom. The summed E-state index contributed by atoms with van der Waals surface area (Å²) in [6, 6.07) is 17.9. The summed E-state index contributed by atoms with van der Waals surface area (Å²) >= 11 is 0. The topological polar surface area (TPSA) is 36.1 Å². The molecule has 1 saturated carbocycles. The van der Waals surface area contributed by atoms with Crippen LogP contribution in [0.5, 0.6) is 0 Å². The van der Waals surface area contributed by atoms with Crippen molar-refractivity contribution in [3.8, 4) is 0 Å². The summed E-state index contributed by atoms with van der Waals surface area (Å²) in [4.78, 5) is 16.6. The molecule has 4 rings (SSSR count). The minimum absolute atomic E-state index is 0.684. The van der Waals surface area contributed by atoms with Crippen molar-refractivity contribution in [2.24, 2.45) is 0 Å². The molecule has 0 spiro atoms. The number of aromatic amines is 1. The Labute approximate surface area is 173 Å². The highest BCUT2D eigenvalue weighted by atomic mass is 16.1. The minimum Gasteiger partial charge on any atom is -0.361 e. The number of nitrogens with zero attached hydrogens (tertiary/aromatic N) is 1. The van der Waals surface area contributed by atoms with Gasteiger partial charge < -0.3 is 4.98 Å². The molecule has 3 nitrogen and oxygen atoms in total. The minimum atomic E-state index is 0.684. The molecule has 0 radical (unpaired) electrons. The fourth-order valence-corrected chi connectivity index (χ4v) is 4.56. The summed E-state index contributed by atoms with van der Waals surface area (Å²) in [5.41, 5.74) is 5.06. The van der Waals surface area contributed by atoms with Crippen LogP contribution in [0, 0.1) is 0 Å². The van der Waals surface area contributed by atoms with Crippen molar-refractivity contribution in [3.05, 3.63) is 77.5 Å². The van der Waals surface area contributed by atoms with Gasteiger partial charge in [0.25, 0.3) is 0 Å². The van der Waals surface area contributed by atoms with Crippen LogP contribution in [0.25, 0.3) is 17.0 Å². The number of allylic oxidation sites excluding steroid dienone is 1. The molecule has 0 amide bonds. The monoisotopic (exact) mass is 386 g/mol. The van der Waals surface area contributed by atoms with Crippen LogP contribution in [0.3, 0.4) is 0 Å². The number of benzene rings is 2. The van der Waals surface area contributed by atoms with Gasteiger partial charge in [-0.3, -0.25) is 9.69 Å². The fraction of sp³-hybridized carbons (Fsp3) is 0.346. The normalized spacial score (nSPS) is 15.5. The summed E-state index contributed by atoms with van der Waals surface area (Å²) < 4.78 is 0. The smallest absolute Gasteiger partial charge is 0.142 e.